The van der Waals surface area contributed by atoms with Crippen molar-refractivity contribution in [2.24, 2.45) is 0 Å². The van der Waals surface area contributed by atoms with E-state index in [1.165, 1.54) is 72.8 Å². The van der Waals surface area contributed by atoms with Crippen molar-refractivity contribution in [3.63, 3.8) is 0 Å². The lowest BCUT2D eigenvalue weighted by Crippen LogP contribution is -1.91. The van der Waals surface area contributed by atoms with Crippen LogP contribution in [-0.4, -0.2) is 60.8 Å². The van der Waals surface area contributed by atoms with Crippen LogP contribution in [0.25, 0.3) is 135 Å². The standard InChI is InChI=1S/C68H46N4O8/c73-45-13-25-61(77)49(33-45)37-5-1-9-41(29-37)65-53-17-19-55(69-53)66(42-10-2-6-38(30-42)50-34-46(74)14-26-62(50)78)57-21-23-59(71-57)68(44-12-4-8-40(32-44)52-36-48(76)16-28-64(52)80)60-24-22-58(72-60)67(56-20-18-54(65)70-56)43-11-3-7-39(31-43)51-35-47(75)15-27-63(51)79/h1-36,69,72-80H. The summed E-state index contributed by atoms with van der Waals surface area (Å²) in [5, 5.41) is 86.6. The van der Waals surface area contributed by atoms with Gasteiger partial charge in [-0.3, -0.25) is 0 Å². The van der Waals surface area contributed by atoms with E-state index in [0.29, 0.717) is 112 Å². The van der Waals surface area contributed by atoms with Gasteiger partial charge in [-0.05, 0) is 190 Å². The lowest BCUT2D eigenvalue weighted by atomic mass is 9.97. The van der Waals surface area contributed by atoms with Gasteiger partial charge in [0.05, 0.1) is 22.8 Å². The van der Waals surface area contributed by atoms with Gasteiger partial charge in [0.25, 0.3) is 0 Å². The predicted octanol–water partition coefficient (Wildman–Crippen LogP) is 15.6. The zero-order valence-electron chi connectivity index (χ0n) is 42.3. The summed E-state index contributed by atoms with van der Waals surface area (Å²) < 4.78 is 0. The van der Waals surface area contributed by atoms with Crippen LogP contribution in [0.4, 0.5) is 0 Å². The third kappa shape index (κ3) is 8.84. The Hall–Kier alpha value is -11.2. The van der Waals surface area contributed by atoms with Gasteiger partial charge in [0.2, 0.25) is 0 Å². The zero-order valence-corrected chi connectivity index (χ0v) is 42.3. The molecule has 0 fully saturated rings. The largest absolute Gasteiger partial charge is 0.508 e. The highest BCUT2D eigenvalue weighted by molar-refractivity contribution is 6.01. The number of H-pyrrole nitrogens is 2. The minimum Gasteiger partial charge on any atom is -0.508 e. The first-order valence-electron chi connectivity index (χ1n) is 25.6. The van der Waals surface area contributed by atoms with Crippen LogP contribution in [0.1, 0.15) is 22.8 Å². The maximum absolute atomic E-state index is 11.1. The Balaban J connectivity index is 1.15. The van der Waals surface area contributed by atoms with E-state index < -0.39 is 0 Å². The predicted molar refractivity (Wildman–Crippen MR) is 316 cm³/mol. The summed E-state index contributed by atoms with van der Waals surface area (Å²) in [5.41, 5.74) is 15.3. The van der Waals surface area contributed by atoms with Crippen LogP contribution < -0.4 is 0 Å². The maximum atomic E-state index is 11.1. The van der Waals surface area contributed by atoms with Crippen LogP contribution in [0.5, 0.6) is 46.0 Å². The van der Waals surface area contributed by atoms with E-state index in [1.807, 2.05) is 146 Å². The summed E-state index contributed by atoms with van der Waals surface area (Å²) >= 11 is 0. The molecule has 12 heteroatoms. The van der Waals surface area contributed by atoms with Gasteiger partial charge < -0.3 is 50.8 Å². The van der Waals surface area contributed by atoms with Gasteiger partial charge >= 0.3 is 0 Å². The molecule has 0 aliphatic carbocycles. The average molecular weight is 1050 g/mol. The van der Waals surface area contributed by atoms with Gasteiger partial charge in [-0.25, -0.2) is 9.97 Å². The first-order chi connectivity index (χ1) is 38.9. The molecule has 0 saturated heterocycles. The van der Waals surface area contributed by atoms with Crippen molar-refractivity contribution in [2.45, 2.75) is 0 Å². The quantitative estimate of drug-likeness (QED) is 0.0649. The molecular weight excluding hydrogens is 1000 g/mol. The van der Waals surface area contributed by atoms with Crippen LogP contribution in [0.3, 0.4) is 0 Å². The minimum atomic E-state index is -0.00407. The van der Waals surface area contributed by atoms with Gasteiger partial charge in [0.1, 0.15) is 46.0 Å². The fourth-order valence-electron chi connectivity index (χ4n) is 10.8. The molecule has 0 radical (unpaired) electrons. The van der Waals surface area contributed by atoms with Crippen molar-refractivity contribution in [3.8, 4) is 135 Å². The van der Waals surface area contributed by atoms with Crippen molar-refractivity contribution in [2.75, 3.05) is 0 Å². The van der Waals surface area contributed by atoms with Crippen molar-refractivity contribution >= 4 is 46.4 Å². The highest BCUT2D eigenvalue weighted by Gasteiger charge is 2.22. The maximum Gasteiger partial charge on any atom is 0.123 e. The lowest BCUT2D eigenvalue weighted by molar-refractivity contribution is 0.462. The third-order valence-electron chi connectivity index (χ3n) is 14.5. The second-order valence-electron chi connectivity index (χ2n) is 19.6. The third-order valence-corrected chi connectivity index (χ3v) is 14.5. The number of nitrogens with zero attached hydrogens (tertiary/aromatic N) is 2. The Morgan fingerprint density at radius 1 is 0.237 bits per heavy atom. The molecule has 13 rings (SSSR count). The summed E-state index contributed by atoms with van der Waals surface area (Å²) in [6.07, 6.45) is 7.82. The molecule has 8 bridgehead atoms. The van der Waals surface area contributed by atoms with Gasteiger partial charge in [0.15, 0.2) is 0 Å². The van der Waals surface area contributed by atoms with E-state index in [4.69, 9.17) is 9.97 Å². The van der Waals surface area contributed by atoms with Gasteiger partial charge in [-0.15, -0.1) is 0 Å². The fraction of sp³-hybridized carbons (Fsp3) is 0. The van der Waals surface area contributed by atoms with E-state index in [1.54, 1.807) is 0 Å². The number of aromatic amines is 2. The number of fused-ring (bicyclic) bond motifs is 8. The molecule has 8 aromatic carbocycles. The number of phenolic OH excluding ortho intramolecular Hbond substituents is 8. The molecule has 0 atom stereocenters. The Bertz CT molecular complexity index is 4040. The van der Waals surface area contributed by atoms with E-state index >= 15 is 0 Å². The zero-order chi connectivity index (χ0) is 54.8. The van der Waals surface area contributed by atoms with Crippen molar-refractivity contribution in [3.05, 3.63) is 217 Å². The molecule has 80 heavy (non-hydrogen) atoms. The Kier molecular flexibility index (Phi) is 11.7. The normalized spacial score (nSPS) is 11.8. The Labute approximate surface area is 457 Å². The topological polar surface area (TPSA) is 219 Å². The highest BCUT2D eigenvalue weighted by atomic mass is 16.3. The summed E-state index contributed by atoms with van der Waals surface area (Å²) in [7, 11) is 0. The Morgan fingerprint density at radius 2 is 0.463 bits per heavy atom. The molecule has 12 nitrogen and oxygen atoms in total. The van der Waals surface area contributed by atoms with Crippen molar-refractivity contribution in [1.82, 2.24) is 19.9 Å². The number of phenols is 8. The van der Waals surface area contributed by atoms with E-state index in [0.717, 1.165) is 22.3 Å². The number of benzene rings is 8. The molecule has 10 N–H and O–H groups in total. The molecule has 0 amide bonds. The van der Waals surface area contributed by atoms with E-state index in [9.17, 15) is 40.9 Å². The Morgan fingerprint density at radius 3 is 0.700 bits per heavy atom. The first-order valence-corrected chi connectivity index (χ1v) is 25.6. The number of rotatable bonds is 8. The monoisotopic (exact) mass is 1050 g/mol. The second kappa shape index (κ2) is 19.4. The van der Waals surface area contributed by atoms with Gasteiger partial charge in [0, 0.05) is 66.6 Å². The van der Waals surface area contributed by atoms with Gasteiger partial charge in [-0.2, -0.15) is 0 Å². The van der Waals surface area contributed by atoms with Crippen LogP contribution in [0.15, 0.2) is 194 Å². The number of aromatic hydroxyl groups is 8. The van der Waals surface area contributed by atoms with Crippen LogP contribution in [0, 0.1) is 0 Å². The molecule has 5 heterocycles. The first kappa shape index (κ1) is 48.4. The SMILES string of the molecule is Oc1ccc(O)c(-c2cccc(-c3c4nc(c(-c5cccc(-c6cc(O)ccc6O)c5)c5ccc([nH]5)c(-c5cccc(-c6cc(O)ccc6O)c5)c5nc(c(-c6cccc(-c7cc(O)ccc7O)c6)c6ccc3[nH]6)C=C5)C=C4)c2)c1. The van der Waals surface area contributed by atoms with Crippen LogP contribution in [-0.2, 0) is 0 Å². The van der Waals surface area contributed by atoms with Crippen LogP contribution in [0.2, 0.25) is 0 Å². The van der Waals surface area contributed by atoms with E-state index in [2.05, 4.69) is 9.97 Å². The number of aromatic nitrogens is 4. The summed E-state index contributed by atoms with van der Waals surface area (Å²) in [6, 6.07) is 56.2. The van der Waals surface area contributed by atoms with Crippen LogP contribution >= 0.6 is 0 Å². The molecule has 0 spiro atoms. The van der Waals surface area contributed by atoms with E-state index in [-0.39, 0.29) is 46.0 Å². The molecule has 2 aliphatic heterocycles. The number of nitrogens with one attached hydrogen (secondary N) is 2. The molecule has 2 aliphatic rings. The summed E-state index contributed by atoms with van der Waals surface area (Å²) in [5.74, 6) is -0.0224. The summed E-state index contributed by atoms with van der Waals surface area (Å²) in [4.78, 5) is 18.5. The molecular formula is C68H46N4O8. The molecule has 386 valence electrons. The van der Waals surface area contributed by atoms with Gasteiger partial charge in [-0.1, -0.05) is 72.8 Å². The fourth-order valence-corrected chi connectivity index (χ4v) is 10.8. The molecule has 11 aromatic rings. The number of hydrogen-bond donors (Lipinski definition) is 10. The summed E-state index contributed by atoms with van der Waals surface area (Å²) in [6.45, 7) is 0. The number of hydrogen-bond acceptors (Lipinski definition) is 10. The molecule has 0 saturated carbocycles. The van der Waals surface area contributed by atoms with Crippen molar-refractivity contribution in [1.29, 1.82) is 0 Å². The lowest BCUT2D eigenvalue weighted by Gasteiger charge is -2.11. The van der Waals surface area contributed by atoms with Crippen molar-refractivity contribution < 1.29 is 40.9 Å². The molecule has 0 unspecified atom stereocenters. The average Bonchev–Trinajstić information content (AvgIpc) is 4.40. The highest BCUT2D eigenvalue weighted by Crippen LogP contribution is 2.44. The smallest absolute Gasteiger partial charge is 0.123 e. The second-order valence-corrected chi connectivity index (χ2v) is 19.6. The minimum absolute atomic E-state index is 0.00152. The molecule has 3 aromatic heterocycles.